The Morgan fingerprint density at radius 1 is 1.50 bits per heavy atom. The van der Waals surface area contributed by atoms with Crippen LogP contribution < -0.4 is 5.32 Å². The molecule has 3 aromatic rings. The molecule has 0 unspecified atom stereocenters. The number of halogens is 1. The van der Waals surface area contributed by atoms with Crippen molar-refractivity contribution in [3.8, 4) is 0 Å². The number of nitro groups is 1. The molecule has 3 rings (SSSR count). The Morgan fingerprint density at radius 2 is 2.29 bits per heavy atom. The number of amides is 1. The van der Waals surface area contributed by atoms with Gasteiger partial charge in [0.15, 0.2) is 5.13 Å². The van der Waals surface area contributed by atoms with E-state index in [0.29, 0.717) is 5.13 Å². The van der Waals surface area contributed by atoms with Crippen molar-refractivity contribution in [2.24, 2.45) is 0 Å². The van der Waals surface area contributed by atoms with Crippen LogP contribution in [-0.2, 0) is 11.3 Å². The summed E-state index contributed by atoms with van der Waals surface area (Å²) in [5.74, 6) is -0.489. The first-order valence-electron chi connectivity index (χ1n) is 6.97. The van der Waals surface area contributed by atoms with E-state index in [1.54, 1.807) is 0 Å². The molecule has 0 atom stereocenters. The first-order valence-corrected chi connectivity index (χ1v) is 8.58. The van der Waals surface area contributed by atoms with Gasteiger partial charge >= 0.3 is 5.82 Å². The lowest BCUT2D eigenvalue weighted by atomic mass is 10.2. The summed E-state index contributed by atoms with van der Waals surface area (Å²) in [6.45, 7) is 2.24. The van der Waals surface area contributed by atoms with Gasteiger partial charge in [-0.05, 0) is 45.5 Å². The van der Waals surface area contributed by atoms with Gasteiger partial charge in [0, 0.05) is 6.42 Å². The molecule has 0 radical (unpaired) electrons. The summed E-state index contributed by atoms with van der Waals surface area (Å²) in [6, 6.07) is 5.90. The van der Waals surface area contributed by atoms with E-state index in [0.717, 1.165) is 15.8 Å². The summed E-state index contributed by atoms with van der Waals surface area (Å²) in [6.07, 6.45) is 1.62. The number of hydrogen-bond acceptors (Lipinski definition) is 6. The average molecular weight is 410 g/mol. The van der Waals surface area contributed by atoms with Crippen LogP contribution in [0.3, 0.4) is 0 Å². The molecule has 8 nitrogen and oxygen atoms in total. The van der Waals surface area contributed by atoms with Crippen LogP contribution in [-0.4, -0.2) is 25.6 Å². The van der Waals surface area contributed by atoms with Crippen LogP contribution >= 0.6 is 27.3 Å². The molecule has 1 amide bonds. The number of nitrogens with one attached hydrogen (secondary N) is 1. The van der Waals surface area contributed by atoms with Crippen LogP contribution in [0.2, 0.25) is 0 Å². The zero-order valence-electron chi connectivity index (χ0n) is 12.5. The lowest BCUT2D eigenvalue weighted by molar-refractivity contribution is -0.390. The zero-order valence-corrected chi connectivity index (χ0v) is 14.9. The molecule has 124 valence electrons. The van der Waals surface area contributed by atoms with Crippen molar-refractivity contribution >= 4 is 54.3 Å². The van der Waals surface area contributed by atoms with Gasteiger partial charge in [0.1, 0.15) is 4.47 Å². The minimum Gasteiger partial charge on any atom is -0.358 e. The molecule has 2 aromatic heterocycles. The maximum absolute atomic E-state index is 12.0. The Kier molecular flexibility index (Phi) is 4.58. The van der Waals surface area contributed by atoms with Crippen molar-refractivity contribution in [3.05, 3.63) is 44.5 Å². The fraction of sp³-hybridized carbons (Fsp3) is 0.214. The number of carbonyl (C=O) groups is 1. The number of aromatic nitrogens is 3. The summed E-state index contributed by atoms with van der Waals surface area (Å²) >= 11 is 4.48. The molecule has 0 aliphatic carbocycles. The van der Waals surface area contributed by atoms with E-state index in [9.17, 15) is 14.9 Å². The van der Waals surface area contributed by atoms with E-state index in [1.165, 1.54) is 22.2 Å². The van der Waals surface area contributed by atoms with E-state index < -0.39 is 4.92 Å². The Balaban J connectivity index is 1.62. The van der Waals surface area contributed by atoms with Gasteiger partial charge < -0.3 is 15.4 Å². The second kappa shape index (κ2) is 6.65. The van der Waals surface area contributed by atoms with Crippen LogP contribution in [0.25, 0.3) is 10.2 Å². The van der Waals surface area contributed by atoms with E-state index in [2.05, 4.69) is 31.3 Å². The maximum Gasteiger partial charge on any atom is 0.404 e. The molecular weight excluding hydrogens is 398 g/mol. The highest BCUT2D eigenvalue weighted by Crippen LogP contribution is 2.27. The minimum absolute atomic E-state index is 0.139. The Bertz CT molecular complexity index is 936. The van der Waals surface area contributed by atoms with Crippen molar-refractivity contribution in [3.63, 3.8) is 0 Å². The molecule has 0 bridgehead atoms. The first-order chi connectivity index (χ1) is 11.4. The topological polar surface area (TPSA) is 103 Å². The van der Waals surface area contributed by atoms with E-state index in [-0.39, 0.29) is 29.2 Å². The molecule has 0 saturated heterocycles. The average Bonchev–Trinajstić information content (AvgIpc) is 3.07. The lowest BCUT2D eigenvalue weighted by Gasteiger charge is -1.99. The molecule has 10 heteroatoms. The van der Waals surface area contributed by atoms with Crippen LogP contribution in [0.15, 0.2) is 28.9 Å². The van der Waals surface area contributed by atoms with Crippen LogP contribution in [0.1, 0.15) is 12.0 Å². The van der Waals surface area contributed by atoms with Gasteiger partial charge in [-0.2, -0.15) is 4.68 Å². The molecule has 1 N–H and O–H groups in total. The number of carbonyl (C=O) groups excluding carboxylic acids is 1. The van der Waals surface area contributed by atoms with Gasteiger partial charge in [-0.15, -0.1) is 0 Å². The van der Waals surface area contributed by atoms with E-state index in [1.807, 2.05) is 25.1 Å². The number of thiazole rings is 1. The number of fused-ring (bicyclic) bond motifs is 1. The fourth-order valence-corrected chi connectivity index (χ4v) is 3.55. The second-order valence-corrected chi connectivity index (χ2v) is 6.99. The Morgan fingerprint density at radius 3 is 3.00 bits per heavy atom. The highest BCUT2D eigenvalue weighted by atomic mass is 79.9. The molecule has 0 aliphatic rings. The zero-order chi connectivity index (χ0) is 17.3. The Hall–Kier alpha value is -2.33. The summed E-state index contributed by atoms with van der Waals surface area (Å²) in [7, 11) is 0. The van der Waals surface area contributed by atoms with Gasteiger partial charge in [0.2, 0.25) is 5.91 Å². The largest absolute Gasteiger partial charge is 0.404 e. The number of nitrogens with zero attached hydrogens (tertiary/aromatic N) is 4. The number of anilines is 1. The standard InChI is InChI=1S/C14H12BrN5O3S/c1-8-2-3-10-11(6-8)24-14(16-10)17-12(21)4-5-19-7-9(15)13(18-19)20(22)23/h2-3,6-7H,4-5H2,1H3,(H,16,17,21). The van der Waals surface area contributed by atoms with Crippen molar-refractivity contribution in [2.75, 3.05) is 5.32 Å². The fourth-order valence-electron chi connectivity index (χ4n) is 2.11. The number of hydrogen-bond donors (Lipinski definition) is 1. The smallest absolute Gasteiger partial charge is 0.358 e. The highest BCUT2D eigenvalue weighted by Gasteiger charge is 2.19. The van der Waals surface area contributed by atoms with Gasteiger partial charge in [-0.3, -0.25) is 4.79 Å². The predicted octanol–water partition coefficient (Wildman–Crippen LogP) is 3.50. The van der Waals surface area contributed by atoms with Gasteiger partial charge in [-0.1, -0.05) is 17.4 Å². The SMILES string of the molecule is Cc1ccc2nc(NC(=O)CCn3cc(Br)c([N+](=O)[O-])n3)sc2c1. The third-order valence-corrected chi connectivity index (χ3v) is 4.72. The van der Waals surface area contributed by atoms with Crippen molar-refractivity contribution in [2.45, 2.75) is 19.9 Å². The van der Waals surface area contributed by atoms with Crippen molar-refractivity contribution < 1.29 is 9.72 Å². The first kappa shape index (κ1) is 16.5. The quantitative estimate of drug-likeness (QED) is 0.512. The molecule has 0 aliphatic heterocycles. The molecule has 0 saturated carbocycles. The third kappa shape index (κ3) is 3.60. The van der Waals surface area contributed by atoms with Gasteiger partial charge in [-0.25, -0.2) is 4.98 Å². The van der Waals surface area contributed by atoms with Crippen LogP contribution in [0.5, 0.6) is 0 Å². The van der Waals surface area contributed by atoms with E-state index in [4.69, 9.17) is 0 Å². The normalized spacial score (nSPS) is 10.9. The highest BCUT2D eigenvalue weighted by molar-refractivity contribution is 9.10. The summed E-state index contributed by atoms with van der Waals surface area (Å²) in [4.78, 5) is 26.5. The molecule has 0 spiro atoms. The lowest BCUT2D eigenvalue weighted by Crippen LogP contribution is -2.14. The van der Waals surface area contributed by atoms with E-state index >= 15 is 0 Å². The van der Waals surface area contributed by atoms with Gasteiger partial charge in [0.25, 0.3) is 0 Å². The molecule has 24 heavy (non-hydrogen) atoms. The summed E-state index contributed by atoms with van der Waals surface area (Å²) < 4.78 is 2.66. The molecular formula is C14H12BrN5O3S. The monoisotopic (exact) mass is 409 g/mol. The molecule has 2 heterocycles. The predicted molar refractivity (Wildman–Crippen MR) is 94.2 cm³/mol. The second-order valence-electron chi connectivity index (χ2n) is 5.11. The molecule has 1 aromatic carbocycles. The number of rotatable bonds is 5. The third-order valence-electron chi connectivity index (χ3n) is 3.23. The maximum atomic E-state index is 12.0. The molecule has 0 fully saturated rings. The number of aryl methyl sites for hydroxylation is 2. The van der Waals surface area contributed by atoms with Crippen LogP contribution in [0.4, 0.5) is 10.9 Å². The summed E-state index contributed by atoms with van der Waals surface area (Å²) in [5.41, 5.74) is 1.97. The van der Waals surface area contributed by atoms with Crippen molar-refractivity contribution in [1.82, 2.24) is 14.8 Å². The minimum atomic E-state index is -0.580. The van der Waals surface area contributed by atoms with Crippen LogP contribution in [0, 0.1) is 17.0 Å². The Labute approximate surface area is 148 Å². The summed E-state index contributed by atoms with van der Waals surface area (Å²) in [5, 5.41) is 17.8. The number of benzene rings is 1. The van der Waals surface area contributed by atoms with Crippen molar-refractivity contribution in [1.29, 1.82) is 0 Å². The van der Waals surface area contributed by atoms with Gasteiger partial charge in [0.05, 0.1) is 28.1 Å².